The highest BCUT2D eigenvalue weighted by Gasteiger charge is 2.12. The molecule has 1 N–H and O–H groups in total. The molecular formula is C11H8BrF2N3. The second-order valence-corrected chi connectivity index (χ2v) is 3.72. The van der Waals surface area contributed by atoms with Crippen LogP contribution in [0.5, 0.6) is 0 Å². The van der Waals surface area contributed by atoms with Crippen molar-refractivity contribution in [2.75, 3.05) is 4.34 Å². The molecule has 2 aromatic rings. The van der Waals surface area contributed by atoms with E-state index < -0.39 is 11.6 Å². The van der Waals surface area contributed by atoms with E-state index in [-0.39, 0.29) is 12.0 Å². The first-order valence-electron chi connectivity index (χ1n) is 4.82. The van der Waals surface area contributed by atoms with E-state index in [2.05, 4.69) is 30.5 Å². The number of hydrogen-bond acceptors (Lipinski definition) is 3. The molecule has 6 heteroatoms. The second-order valence-electron chi connectivity index (χ2n) is 3.32. The van der Waals surface area contributed by atoms with Crippen LogP contribution in [0.2, 0.25) is 0 Å². The van der Waals surface area contributed by atoms with Gasteiger partial charge < -0.3 is 4.34 Å². The van der Waals surface area contributed by atoms with Crippen LogP contribution >= 0.6 is 16.1 Å². The van der Waals surface area contributed by atoms with Crippen molar-refractivity contribution >= 4 is 22.0 Å². The molecule has 0 aliphatic rings. The standard InChI is InChI=1S/C11H8BrF2N3/c12-17-11-10(15-4-5-16-11)6-7-8(13)2-1-3-9(7)14/h1-5H,6H2,(H,16,17). The van der Waals surface area contributed by atoms with Gasteiger partial charge in [-0.05, 0) is 12.1 Å². The first-order chi connectivity index (χ1) is 8.22. The fourth-order valence-corrected chi connectivity index (χ4v) is 1.78. The third kappa shape index (κ3) is 2.58. The van der Waals surface area contributed by atoms with Gasteiger partial charge in [0, 0.05) is 40.5 Å². The van der Waals surface area contributed by atoms with Gasteiger partial charge in [0.15, 0.2) is 5.82 Å². The van der Waals surface area contributed by atoms with Crippen molar-refractivity contribution in [2.45, 2.75) is 6.42 Å². The van der Waals surface area contributed by atoms with E-state index in [1.807, 2.05) is 0 Å². The first-order valence-corrected chi connectivity index (χ1v) is 5.61. The maximum Gasteiger partial charge on any atom is 0.157 e. The van der Waals surface area contributed by atoms with Crippen molar-refractivity contribution in [3.05, 3.63) is 53.5 Å². The lowest BCUT2D eigenvalue weighted by Crippen LogP contribution is -2.02. The van der Waals surface area contributed by atoms with Crippen molar-refractivity contribution in [1.29, 1.82) is 0 Å². The smallest absolute Gasteiger partial charge is 0.157 e. The van der Waals surface area contributed by atoms with Crippen molar-refractivity contribution in [3.63, 3.8) is 0 Å². The van der Waals surface area contributed by atoms with Gasteiger partial charge in [0.1, 0.15) is 11.6 Å². The molecule has 0 aliphatic heterocycles. The Labute approximate surface area is 105 Å². The third-order valence-corrected chi connectivity index (χ3v) is 2.65. The number of nitrogens with zero attached hydrogens (tertiary/aromatic N) is 2. The SMILES string of the molecule is Fc1cccc(F)c1Cc1nccnc1NBr. The highest BCUT2D eigenvalue weighted by molar-refractivity contribution is 9.10. The molecule has 88 valence electrons. The van der Waals surface area contributed by atoms with E-state index in [1.54, 1.807) is 0 Å². The van der Waals surface area contributed by atoms with Crippen LogP contribution in [0, 0.1) is 11.6 Å². The average Bonchev–Trinajstić information content (AvgIpc) is 2.34. The van der Waals surface area contributed by atoms with E-state index in [0.29, 0.717) is 11.5 Å². The van der Waals surface area contributed by atoms with Gasteiger partial charge in [-0.1, -0.05) is 6.07 Å². The first kappa shape index (κ1) is 11.9. The summed E-state index contributed by atoms with van der Waals surface area (Å²) >= 11 is 3.02. The number of anilines is 1. The summed E-state index contributed by atoms with van der Waals surface area (Å²) in [5.74, 6) is -0.734. The van der Waals surface area contributed by atoms with Crippen molar-refractivity contribution in [1.82, 2.24) is 9.97 Å². The minimum absolute atomic E-state index is 0.0167. The van der Waals surface area contributed by atoms with Crippen LogP contribution in [0.15, 0.2) is 30.6 Å². The van der Waals surface area contributed by atoms with E-state index in [4.69, 9.17) is 0 Å². The molecule has 0 radical (unpaired) electrons. The van der Waals surface area contributed by atoms with Crippen LogP contribution in [-0.4, -0.2) is 9.97 Å². The minimum atomic E-state index is -0.587. The lowest BCUT2D eigenvalue weighted by Gasteiger charge is -2.07. The molecule has 3 nitrogen and oxygen atoms in total. The van der Waals surface area contributed by atoms with E-state index >= 15 is 0 Å². The summed E-state index contributed by atoms with van der Waals surface area (Å²) < 4.78 is 29.6. The van der Waals surface area contributed by atoms with E-state index in [0.717, 1.165) is 0 Å². The Morgan fingerprint density at radius 2 is 1.76 bits per heavy atom. The Bertz CT molecular complexity index is 514. The quantitative estimate of drug-likeness (QED) is 0.885. The van der Waals surface area contributed by atoms with Crippen LogP contribution in [0.1, 0.15) is 11.3 Å². The maximum atomic E-state index is 13.5. The molecule has 0 aliphatic carbocycles. The number of benzene rings is 1. The zero-order valence-corrected chi connectivity index (χ0v) is 10.2. The Balaban J connectivity index is 2.38. The van der Waals surface area contributed by atoms with Gasteiger partial charge in [0.25, 0.3) is 0 Å². The molecule has 1 aromatic carbocycles. The molecule has 0 amide bonds. The molecule has 0 bridgehead atoms. The van der Waals surface area contributed by atoms with Gasteiger partial charge in [-0.2, -0.15) is 0 Å². The van der Waals surface area contributed by atoms with Gasteiger partial charge >= 0.3 is 0 Å². The largest absolute Gasteiger partial charge is 0.305 e. The molecule has 0 unspecified atom stereocenters. The Kier molecular flexibility index (Phi) is 3.63. The second kappa shape index (κ2) is 5.18. The molecule has 0 saturated carbocycles. The molecule has 0 saturated heterocycles. The fourth-order valence-electron chi connectivity index (χ4n) is 1.44. The summed E-state index contributed by atoms with van der Waals surface area (Å²) in [4.78, 5) is 8.03. The lowest BCUT2D eigenvalue weighted by atomic mass is 10.1. The van der Waals surface area contributed by atoms with E-state index in [1.165, 1.54) is 30.6 Å². The number of aromatic nitrogens is 2. The van der Waals surface area contributed by atoms with Crippen molar-refractivity contribution in [3.8, 4) is 0 Å². The Morgan fingerprint density at radius 1 is 1.12 bits per heavy atom. The van der Waals surface area contributed by atoms with Crippen molar-refractivity contribution in [2.24, 2.45) is 0 Å². The summed E-state index contributed by atoms with van der Waals surface area (Å²) in [5, 5.41) is 0. The summed E-state index contributed by atoms with van der Waals surface area (Å²) in [7, 11) is 0. The molecule has 2 rings (SSSR count). The summed E-state index contributed by atoms with van der Waals surface area (Å²) in [6.07, 6.45) is 3.01. The fraction of sp³-hybridized carbons (Fsp3) is 0.0909. The number of nitrogens with one attached hydrogen (secondary N) is 1. The zero-order chi connectivity index (χ0) is 12.3. The monoisotopic (exact) mass is 299 g/mol. The van der Waals surface area contributed by atoms with Crippen LogP contribution in [0.4, 0.5) is 14.6 Å². The summed E-state index contributed by atoms with van der Waals surface area (Å²) in [6.45, 7) is 0. The molecule has 1 heterocycles. The van der Waals surface area contributed by atoms with Crippen molar-refractivity contribution < 1.29 is 8.78 Å². The molecule has 0 atom stereocenters. The number of rotatable bonds is 3. The van der Waals surface area contributed by atoms with Crippen LogP contribution in [0.3, 0.4) is 0 Å². The highest BCUT2D eigenvalue weighted by Crippen LogP contribution is 2.19. The van der Waals surface area contributed by atoms with Crippen LogP contribution in [-0.2, 0) is 6.42 Å². The lowest BCUT2D eigenvalue weighted by molar-refractivity contribution is 0.560. The molecular weight excluding hydrogens is 292 g/mol. The number of halogens is 3. The predicted octanol–water partition coefficient (Wildman–Crippen LogP) is 3.07. The molecule has 1 aromatic heterocycles. The third-order valence-electron chi connectivity index (χ3n) is 2.27. The van der Waals surface area contributed by atoms with Gasteiger partial charge in [0.05, 0.1) is 5.69 Å². The Morgan fingerprint density at radius 3 is 2.41 bits per heavy atom. The van der Waals surface area contributed by atoms with E-state index in [9.17, 15) is 8.78 Å². The number of hydrogen-bond donors (Lipinski definition) is 1. The summed E-state index contributed by atoms with van der Waals surface area (Å²) in [5.41, 5.74) is 0.449. The van der Waals surface area contributed by atoms with Crippen LogP contribution in [0.25, 0.3) is 0 Å². The highest BCUT2D eigenvalue weighted by atomic mass is 79.9. The molecule has 0 fully saturated rings. The average molecular weight is 300 g/mol. The molecule has 17 heavy (non-hydrogen) atoms. The van der Waals surface area contributed by atoms with Crippen LogP contribution < -0.4 is 4.34 Å². The van der Waals surface area contributed by atoms with Gasteiger partial charge in [-0.25, -0.2) is 13.8 Å². The van der Waals surface area contributed by atoms with Gasteiger partial charge in [-0.3, -0.25) is 4.98 Å². The Hall–Kier alpha value is -1.56. The zero-order valence-electron chi connectivity index (χ0n) is 8.62. The van der Waals surface area contributed by atoms with Gasteiger partial charge in [-0.15, -0.1) is 0 Å². The normalized spacial score (nSPS) is 10.3. The predicted molar refractivity (Wildman–Crippen MR) is 63.7 cm³/mol. The van der Waals surface area contributed by atoms with Gasteiger partial charge in [0.2, 0.25) is 0 Å². The maximum absolute atomic E-state index is 13.5. The molecule has 0 spiro atoms. The topological polar surface area (TPSA) is 37.8 Å². The summed E-state index contributed by atoms with van der Waals surface area (Å²) in [6, 6.07) is 3.76. The minimum Gasteiger partial charge on any atom is -0.305 e.